The summed E-state index contributed by atoms with van der Waals surface area (Å²) in [4.78, 5) is 12.7. The molecule has 25 heavy (non-hydrogen) atoms. The number of nitrogens with zero attached hydrogens (tertiary/aromatic N) is 4. The summed E-state index contributed by atoms with van der Waals surface area (Å²) in [5, 5.41) is 24.2. The highest BCUT2D eigenvalue weighted by atomic mass is 16.4. The molecule has 0 fully saturated rings. The van der Waals surface area contributed by atoms with Gasteiger partial charge in [-0.25, -0.2) is 4.68 Å². The molecule has 2 unspecified atom stereocenters. The van der Waals surface area contributed by atoms with Gasteiger partial charge >= 0.3 is 0 Å². The molecule has 0 saturated carbocycles. The van der Waals surface area contributed by atoms with Gasteiger partial charge in [-0.1, -0.05) is 30.3 Å². The fraction of sp³-hybridized carbons (Fsp3) is 0.294. The second kappa shape index (κ2) is 7.71. The van der Waals surface area contributed by atoms with E-state index in [0.29, 0.717) is 18.0 Å². The van der Waals surface area contributed by atoms with E-state index in [4.69, 9.17) is 4.42 Å². The molecule has 2 heterocycles. The minimum absolute atomic E-state index is 0.0405. The number of hydrogen-bond acceptors (Lipinski definition) is 6. The van der Waals surface area contributed by atoms with Crippen LogP contribution in [0.1, 0.15) is 29.3 Å². The van der Waals surface area contributed by atoms with Crippen LogP contribution in [-0.2, 0) is 11.2 Å². The van der Waals surface area contributed by atoms with E-state index < -0.39 is 12.1 Å². The van der Waals surface area contributed by atoms with Crippen molar-refractivity contribution in [2.24, 2.45) is 0 Å². The molecule has 0 radical (unpaired) electrons. The number of carbonyl (C=O) groups excluding carboxylic acids is 1. The van der Waals surface area contributed by atoms with Gasteiger partial charge < -0.3 is 14.8 Å². The normalized spacial score (nSPS) is 13.4. The van der Waals surface area contributed by atoms with Crippen LogP contribution in [0.15, 0.2) is 53.1 Å². The van der Waals surface area contributed by atoms with Crippen LogP contribution in [-0.4, -0.2) is 37.8 Å². The van der Waals surface area contributed by atoms with Crippen LogP contribution in [0.25, 0.3) is 0 Å². The van der Waals surface area contributed by atoms with Gasteiger partial charge in [0.15, 0.2) is 0 Å². The number of tetrazole rings is 1. The van der Waals surface area contributed by atoms with Gasteiger partial charge in [-0.3, -0.25) is 4.79 Å². The number of benzene rings is 1. The van der Waals surface area contributed by atoms with Gasteiger partial charge in [0, 0.05) is 6.42 Å². The molecule has 130 valence electrons. The summed E-state index contributed by atoms with van der Waals surface area (Å²) in [6.07, 6.45) is 1.00. The Morgan fingerprint density at radius 2 is 2.08 bits per heavy atom. The van der Waals surface area contributed by atoms with E-state index in [9.17, 15) is 9.90 Å². The maximum atomic E-state index is 12.7. The van der Waals surface area contributed by atoms with Crippen molar-refractivity contribution in [1.82, 2.24) is 25.5 Å². The number of hydrogen-bond donors (Lipinski definition) is 2. The molecule has 0 aliphatic carbocycles. The Morgan fingerprint density at radius 3 is 2.72 bits per heavy atom. The first-order valence-corrected chi connectivity index (χ1v) is 7.92. The number of aliphatic hydroxyl groups excluding tert-OH is 1. The lowest BCUT2D eigenvalue weighted by Crippen LogP contribution is -2.37. The first-order chi connectivity index (χ1) is 12.1. The third-order valence-corrected chi connectivity index (χ3v) is 3.87. The summed E-state index contributed by atoms with van der Waals surface area (Å²) in [5.74, 6) is 0.672. The monoisotopic (exact) mass is 341 g/mol. The second-order valence-electron chi connectivity index (χ2n) is 5.65. The summed E-state index contributed by atoms with van der Waals surface area (Å²) in [6.45, 7) is 1.78. The average molecular weight is 341 g/mol. The zero-order valence-corrected chi connectivity index (χ0v) is 13.7. The Balaban J connectivity index is 1.72. The summed E-state index contributed by atoms with van der Waals surface area (Å²) < 4.78 is 6.62. The van der Waals surface area contributed by atoms with E-state index in [1.165, 1.54) is 10.9 Å². The lowest BCUT2D eigenvalue weighted by Gasteiger charge is -2.18. The molecule has 1 aromatic carbocycles. The Kier molecular flexibility index (Phi) is 5.20. The lowest BCUT2D eigenvalue weighted by atomic mass is 10.1. The second-order valence-corrected chi connectivity index (χ2v) is 5.65. The van der Waals surface area contributed by atoms with Crippen molar-refractivity contribution in [2.75, 3.05) is 6.54 Å². The predicted molar refractivity (Wildman–Crippen MR) is 88.4 cm³/mol. The maximum absolute atomic E-state index is 12.7. The van der Waals surface area contributed by atoms with Crippen molar-refractivity contribution in [1.29, 1.82) is 0 Å². The molecule has 0 saturated heterocycles. The highest BCUT2D eigenvalue weighted by Gasteiger charge is 2.25. The van der Waals surface area contributed by atoms with Crippen LogP contribution in [0.5, 0.6) is 0 Å². The highest BCUT2D eigenvalue weighted by Crippen LogP contribution is 2.16. The molecule has 3 aromatic rings. The highest BCUT2D eigenvalue weighted by molar-refractivity contribution is 5.80. The molecule has 2 aromatic heterocycles. The first-order valence-electron chi connectivity index (χ1n) is 7.92. The molecule has 2 atom stereocenters. The third kappa shape index (κ3) is 4.10. The molecule has 8 nitrogen and oxygen atoms in total. The molecule has 1 amide bonds. The summed E-state index contributed by atoms with van der Waals surface area (Å²) in [7, 11) is 0. The standard InChI is InChI=1S/C17H19N5O3/c1-12-19-20-21-22(12)14(10-13-6-3-2-4-7-13)17(24)18-11-15(23)16-8-5-9-25-16/h2-9,14-15,23H,10-11H2,1H3,(H,18,24). The Hall–Kier alpha value is -3.00. The Labute approximate surface area is 144 Å². The zero-order valence-electron chi connectivity index (χ0n) is 13.7. The van der Waals surface area contributed by atoms with Gasteiger partial charge in [-0.15, -0.1) is 5.10 Å². The summed E-state index contributed by atoms with van der Waals surface area (Å²) in [5.41, 5.74) is 0.990. The van der Waals surface area contributed by atoms with Crippen LogP contribution in [0.3, 0.4) is 0 Å². The molecule has 8 heteroatoms. The van der Waals surface area contributed by atoms with E-state index in [-0.39, 0.29) is 12.5 Å². The summed E-state index contributed by atoms with van der Waals surface area (Å²) >= 11 is 0. The molecular formula is C17H19N5O3. The van der Waals surface area contributed by atoms with Crippen LogP contribution in [0.4, 0.5) is 0 Å². The van der Waals surface area contributed by atoms with Gasteiger partial charge in [0.1, 0.15) is 23.7 Å². The number of amides is 1. The Morgan fingerprint density at radius 1 is 1.28 bits per heavy atom. The molecule has 3 rings (SSSR count). The SMILES string of the molecule is Cc1nnnn1C(Cc1ccccc1)C(=O)NCC(O)c1ccco1. The fourth-order valence-electron chi connectivity index (χ4n) is 2.55. The van der Waals surface area contributed by atoms with Crippen LogP contribution >= 0.6 is 0 Å². The van der Waals surface area contributed by atoms with Gasteiger partial charge in [-0.05, 0) is 35.0 Å². The van der Waals surface area contributed by atoms with Gasteiger partial charge in [0.2, 0.25) is 5.91 Å². The van der Waals surface area contributed by atoms with Crippen molar-refractivity contribution >= 4 is 5.91 Å². The van der Waals surface area contributed by atoms with E-state index in [1.807, 2.05) is 30.3 Å². The largest absolute Gasteiger partial charge is 0.467 e. The molecule has 0 aliphatic heterocycles. The van der Waals surface area contributed by atoms with E-state index >= 15 is 0 Å². The number of nitrogens with one attached hydrogen (secondary N) is 1. The smallest absolute Gasteiger partial charge is 0.245 e. The third-order valence-electron chi connectivity index (χ3n) is 3.87. The number of aryl methyl sites for hydroxylation is 1. The quantitative estimate of drug-likeness (QED) is 0.669. The van der Waals surface area contributed by atoms with E-state index in [2.05, 4.69) is 20.8 Å². The van der Waals surface area contributed by atoms with Crippen molar-refractivity contribution in [3.63, 3.8) is 0 Å². The lowest BCUT2D eigenvalue weighted by molar-refractivity contribution is -0.125. The topological polar surface area (TPSA) is 106 Å². The van der Waals surface area contributed by atoms with E-state index in [1.54, 1.807) is 19.1 Å². The minimum Gasteiger partial charge on any atom is -0.467 e. The van der Waals surface area contributed by atoms with E-state index in [0.717, 1.165) is 5.56 Å². The van der Waals surface area contributed by atoms with Crippen LogP contribution in [0, 0.1) is 6.92 Å². The molecular weight excluding hydrogens is 322 g/mol. The number of furan rings is 1. The van der Waals surface area contributed by atoms with Crippen molar-refractivity contribution in [3.05, 3.63) is 65.9 Å². The van der Waals surface area contributed by atoms with Gasteiger partial charge in [0.25, 0.3) is 0 Å². The molecule has 2 N–H and O–H groups in total. The van der Waals surface area contributed by atoms with Crippen molar-refractivity contribution < 1.29 is 14.3 Å². The number of rotatable bonds is 7. The Bertz CT molecular complexity index is 801. The summed E-state index contributed by atoms with van der Waals surface area (Å²) in [6, 6.07) is 12.4. The van der Waals surface area contributed by atoms with Crippen molar-refractivity contribution in [2.45, 2.75) is 25.5 Å². The van der Waals surface area contributed by atoms with Crippen LogP contribution in [0.2, 0.25) is 0 Å². The van der Waals surface area contributed by atoms with Gasteiger partial charge in [0.05, 0.1) is 12.8 Å². The van der Waals surface area contributed by atoms with Crippen molar-refractivity contribution in [3.8, 4) is 0 Å². The molecule has 0 aliphatic rings. The number of aromatic nitrogens is 4. The number of carbonyl (C=O) groups is 1. The molecule has 0 spiro atoms. The maximum Gasteiger partial charge on any atom is 0.245 e. The average Bonchev–Trinajstić information content (AvgIpc) is 3.30. The minimum atomic E-state index is -0.911. The molecule has 0 bridgehead atoms. The zero-order chi connectivity index (χ0) is 17.6. The number of aliphatic hydroxyl groups is 1. The van der Waals surface area contributed by atoms with Gasteiger partial charge in [-0.2, -0.15) is 0 Å². The predicted octanol–water partition coefficient (Wildman–Crippen LogP) is 1.21. The van der Waals surface area contributed by atoms with Crippen LogP contribution < -0.4 is 5.32 Å². The first kappa shape index (κ1) is 16.8. The fourth-order valence-corrected chi connectivity index (χ4v) is 2.55.